The fourth-order valence-corrected chi connectivity index (χ4v) is 13.9. The van der Waals surface area contributed by atoms with Crippen molar-refractivity contribution < 1.29 is 49.3 Å². The Morgan fingerprint density at radius 2 is 1.52 bits per heavy atom. The number of hydrogen-bond acceptors (Lipinski definition) is 10. The highest BCUT2D eigenvalue weighted by Crippen LogP contribution is 2.89. The van der Waals surface area contributed by atoms with E-state index in [0.717, 1.165) is 44.9 Å². The molecule has 0 radical (unpaired) electrons. The van der Waals surface area contributed by atoms with E-state index in [0.29, 0.717) is 18.3 Å². The molecule has 5 saturated carbocycles. The highest BCUT2D eigenvalue weighted by molar-refractivity contribution is 5.66. The lowest BCUT2D eigenvalue weighted by Crippen LogP contribution is -2.62. The van der Waals surface area contributed by atoms with Crippen molar-refractivity contribution in [2.75, 3.05) is 6.61 Å². The molecular formula is C38H62O10. The van der Waals surface area contributed by atoms with Crippen molar-refractivity contribution in [1.82, 2.24) is 0 Å². The number of carbonyl (C=O) groups excluding carboxylic acids is 1. The molecule has 48 heavy (non-hydrogen) atoms. The Kier molecular flexibility index (Phi) is 8.39. The summed E-state index contributed by atoms with van der Waals surface area (Å²) in [5.41, 5.74) is -0.334. The van der Waals surface area contributed by atoms with Gasteiger partial charge < -0.3 is 44.5 Å². The van der Waals surface area contributed by atoms with E-state index in [1.54, 1.807) is 0 Å². The number of esters is 1. The van der Waals surface area contributed by atoms with E-state index in [9.17, 15) is 30.3 Å². The molecular weight excluding hydrogens is 616 g/mol. The first kappa shape index (κ1) is 35.5. The van der Waals surface area contributed by atoms with Crippen LogP contribution in [0.1, 0.15) is 113 Å². The largest absolute Gasteiger partial charge is 0.459 e. The van der Waals surface area contributed by atoms with E-state index in [4.69, 9.17) is 18.9 Å². The molecule has 0 aromatic carbocycles. The highest BCUT2D eigenvalue weighted by Gasteiger charge is 2.83. The SMILES string of the molecule is CC(=O)OC1CC(C(C)C2C(O)CC3(C)C4CCC5C(C)(C)C(OC6OC(CO)C(O)C(O)C6O)CCC56CC46CCC23C)OC1(C)C. The van der Waals surface area contributed by atoms with Gasteiger partial charge in [-0.1, -0.05) is 34.6 Å². The first-order valence-corrected chi connectivity index (χ1v) is 18.8. The van der Waals surface area contributed by atoms with Gasteiger partial charge >= 0.3 is 5.97 Å². The molecule has 0 bridgehead atoms. The summed E-state index contributed by atoms with van der Waals surface area (Å²) < 4.78 is 24.6. The van der Waals surface area contributed by atoms with Crippen LogP contribution in [0.5, 0.6) is 0 Å². The van der Waals surface area contributed by atoms with Crippen molar-refractivity contribution in [3.63, 3.8) is 0 Å². The third-order valence-corrected chi connectivity index (χ3v) is 16.4. The second-order valence-electron chi connectivity index (χ2n) is 18.9. The van der Waals surface area contributed by atoms with Gasteiger partial charge in [0.05, 0.1) is 30.5 Å². The number of carbonyl (C=O) groups is 1. The second kappa shape index (κ2) is 11.3. The summed E-state index contributed by atoms with van der Waals surface area (Å²) in [6.45, 7) is 16.8. The minimum Gasteiger partial charge on any atom is -0.459 e. The van der Waals surface area contributed by atoms with Crippen molar-refractivity contribution >= 4 is 5.97 Å². The lowest BCUT2D eigenvalue weighted by molar-refractivity contribution is -0.326. The fourth-order valence-electron chi connectivity index (χ4n) is 13.9. The van der Waals surface area contributed by atoms with Crippen molar-refractivity contribution in [3.05, 3.63) is 0 Å². The van der Waals surface area contributed by atoms with E-state index in [-0.39, 0.29) is 63.2 Å². The zero-order chi connectivity index (χ0) is 35.0. The molecule has 17 unspecified atom stereocenters. The Morgan fingerprint density at radius 3 is 2.19 bits per heavy atom. The van der Waals surface area contributed by atoms with Gasteiger partial charge in [0.2, 0.25) is 0 Å². The summed E-state index contributed by atoms with van der Waals surface area (Å²) in [5.74, 6) is 0.906. The molecule has 0 amide bonds. The summed E-state index contributed by atoms with van der Waals surface area (Å²) in [6, 6.07) is 0. The van der Waals surface area contributed by atoms with Crippen LogP contribution >= 0.6 is 0 Å². The molecule has 7 rings (SSSR count). The molecule has 274 valence electrons. The summed E-state index contributed by atoms with van der Waals surface area (Å²) in [5, 5.41) is 53.1. The quantitative estimate of drug-likeness (QED) is 0.207. The zero-order valence-electron chi connectivity index (χ0n) is 30.4. The van der Waals surface area contributed by atoms with Crippen LogP contribution in [-0.2, 0) is 23.7 Å². The van der Waals surface area contributed by atoms with Crippen LogP contribution in [0.2, 0.25) is 0 Å². The van der Waals surface area contributed by atoms with Crippen LogP contribution in [-0.4, -0.2) is 98.8 Å². The molecule has 7 aliphatic rings. The van der Waals surface area contributed by atoms with Gasteiger partial charge in [-0.3, -0.25) is 4.79 Å². The topological polar surface area (TPSA) is 155 Å². The molecule has 0 aromatic rings. The van der Waals surface area contributed by atoms with Gasteiger partial charge in [0.1, 0.15) is 30.5 Å². The average Bonchev–Trinajstić information content (AvgIpc) is 3.49. The average molecular weight is 679 g/mol. The Hall–Kier alpha value is -0.850. The van der Waals surface area contributed by atoms with Gasteiger partial charge in [0.25, 0.3) is 0 Å². The van der Waals surface area contributed by atoms with Gasteiger partial charge in [-0.25, -0.2) is 0 Å². The number of rotatable bonds is 6. The maximum Gasteiger partial charge on any atom is 0.303 e. The fraction of sp³-hybridized carbons (Fsp3) is 0.974. The minimum absolute atomic E-state index is 0.00467. The van der Waals surface area contributed by atoms with Gasteiger partial charge in [-0.05, 0) is 116 Å². The van der Waals surface area contributed by atoms with Crippen LogP contribution in [0.25, 0.3) is 0 Å². The van der Waals surface area contributed by atoms with Gasteiger partial charge in [-0.15, -0.1) is 0 Å². The first-order valence-electron chi connectivity index (χ1n) is 18.8. The molecule has 10 nitrogen and oxygen atoms in total. The Balaban J connectivity index is 1.10. The molecule has 5 aliphatic carbocycles. The number of ether oxygens (including phenoxy) is 4. The van der Waals surface area contributed by atoms with Gasteiger partial charge in [0, 0.05) is 13.3 Å². The molecule has 2 saturated heterocycles. The predicted octanol–water partition coefficient (Wildman–Crippen LogP) is 3.72. The molecule has 10 heteroatoms. The summed E-state index contributed by atoms with van der Waals surface area (Å²) in [4.78, 5) is 11.9. The standard InChI is InChI=1S/C38H62O10/c1-19(22-15-27(45-20(2)40)34(5,6)48-22)28-21(41)16-36(8)25-10-9-24-33(3,4)26(47-32-31(44)30(43)29(42)23(17-39)46-32)11-12-37(24)18-38(25,37)14-13-35(28,36)7/h19,21-32,39,41-44H,9-18H2,1-8H3. The maximum atomic E-state index is 12.0. The number of aliphatic hydroxyl groups is 5. The van der Waals surface area contributed by atoms with Crippen molar-refractivity contribution in [1.29, 1.82) is 0 Å². The van der Waals surface area contributed by atoms with Crippen LogP contribution in [0.3, 0.4) is 0 Å². The summed E-state index contributed by atoms with van der Waals surface area (Å²) >= 11 is 0. The molecule has 0 aromatic heterocycles. The number of fused-ring (bicyclic) bond motifs is 2. The smallest absolute Gasteiger partial charge is 0.303 e. The molecule has 2 heterocycles. The molecule has 7 fully saturated rings. The monoisotopic (exact) mass is 678 g/mol. The Morgan fingerprint density at radius 1 is 0.854 bits per heavy atom. The normalized spacial score (nSPS) is 55.5. The third kappa shape index (κ3) is 4.68. The second-order valence-corrected chi connectivity index (χ2v) is 18.9. The first-order chi connectivity index (χ1) is 22.3. The lowest BCUT2D eigenvalue weighted by atomic mass is 9.41. The van der Waals surface area contributed by atoms with Crippen LogP contribution < -0.4 is 0 Å². The highest BCUT2D eigenvalue weighted by atomic mass is 16.7. The van der Waals surface area contributed by atoms with Gasteiger partial charge in [0.15, 0.2) is 6.29 Å². The van der Waals surface area contributed by atoms with Crippen LogP contribution in [0.4, 0.5) is 0 Å². The Labute approximate surface area is 286 Å². The van der Waals surface area contributed by atoms with E-state index >= 15 is 0 Å². The van der Waals surface area contributed by atoms with Crippen LogP contribution in [0, 0.1) is 50.7 Å². The number of hydrogen-bond donors (Lipinski definition) is 5. The minimum atomic E-state index is -1.45. The molecule has 5 N–H and O–H groups in total. The van der Waals surface area contributed by atoms with Crippen molar-refractivity contribution in [2.45, 2.75) is 174 Å². The summed E-state index contributed by atoms with van der Waals surface area (Å²) in [7, 11) is 0. The van der Waals surface area contributed by atoms with Crippen molar-refractivity contribution in [3.8, 4) is 0 Å². The van der Waals surface area contributed by atoms with E-state index in [2.05, 4.69) is 34.6 Å². The molecule has 2 spiro atoms. The van der Waals surface area contributed by atoms with E-state index < -0.39 is 49.0 Å². The van der Waals surface area contributed by atoms with Crippen molar-refractivity contribution in [2.24, 2.45) is 50.7 Å². The molecule has 17 atom stereocenters. The summed E-state index contributed by atoms with van der Waals surface area (Å²) in [6.07, 6.45) is 1.66. The lowest BCUT2D eigenvalue weighted by Gasteiger charge is -2.63. The van der Waals surface area contributed by atoms with Gasteiger partial charge in [-0.2, -0.15) is 0 Å². The van der Waals surface area contributed by atoms with E-state index in [1.807, 2.05) is 13.8 Å². The molecule has 2 aliphatic heterocycles. The predicted molar refractivity (Wildman–Crippen MR) is 175 cm³/mol. The van der Waals surface area contributed by atoms with Crippen LogP contribution in [0.15, 0.2) is 0 Å². The zero-order valence-corrected chi connectivity index (χ0v) is 30.4. The van der Waals surface area contributed by atoms with E-state index in [1.165, 1.54) is 13.3 Å². The Bertz CT molecular complexity index is 1270. The number of aliphatic hydroxyl groups excluding tert-OH is 5. The third-order valence-electron chi connectivity index (χ3n) is 16.4. The maximum absolute atomic E-state index is 12.0.